The minimum absolute atomic E-state index is 0.0685. The van der Waals surface area contributed by atoms with Crippen LogP contribution in [0.15, 0.2) is 53.3 Å². The minimum atomic E-state index is -0.385. The third-order valence-electron chi connectivity index (χ3n) is 5.71. The van der Waals surface area contributed by atoms with Gasteiger partial charge in [-0.25, -0.2) is 9.13 Å². The Morgan fingerprint density at radius 1 is 1.06 bits per heavy atom. The van der Waals surface area contributed by atoms with E-state index in [2.05, 4.69) is 16.3 Å². The fourth-order valence-corrected chi connectivity index (χ4v) is 4.10. The SMILES string of the molecule is CCCCCC(OCc1ccc(OC)cc1)c1ccc(-n2c(CCO)c(O)n(P)c2=O)cc1. The van der Waals surface area contributed by atoms with E-state index in [-0.39, 0.29) is 30.7 Å². The smallest absolute Gasteiger partial charge is 0.338 e. The Morgan fingerprint density at radius 3 is 2.36 bits per heavy atom. The van der Waals surface area contributed by atoms with Crippen LogP contribution in [-0.2, 0) is 17.8 Å². The number of aliphatic hydroxyl groups is 1. The molecule has 2 N–H and O–H groups in total. The van der Waals surface area contributed by atoms with Crippen LogP contribution in [0.4, 0.5) is 0 Å². The van der Waals surface area contributed by atoms with E-state index in [1.807, 2.05) is 48.5 Å². The van der Waals surface area contributed by atoms with Crippen molar-refractivity contribution in [2.75, 3.05) is 13.7 Å². The van der Waals surface area contributed by atoms with Crippen LogP contribution in [0.3, 0.4) is 0 Å². The van der Waals surface area contributed by atoms with Gasteiger partial charge < -0.3 is 19.7 Å². The van der Waals surface area contributed by atoms with Crippen LogP contribution in [0, 0.1) is 0 Å². The molecule has 0 radical (unpaired) electrons. The number of unbranched alkanes of at least 4 members (excludes halogenated alkanes) is 2. The molecule has 7 nitrogen and oxygen atoms in total. The second-order valence-corrected chi connectivity index (χ2v) is 8.48. The first-order valence-electron chi connectivity index (χ1n) is 11.3. The number of ether oxygens (including phenoxy) is 2. The van der Waals surface area contributed by atoms with E-state index in [0.717, 1.165) is 46.9 Å². The van der Waals surface area contributed by atoms with Gasteiger partial charge in [0.25, 0.3) is 0 Å². The molecular weight excluding hydrogens is 439 g/mol. The molecule has 3 rings (SSSR count). The maximum Gasteiger partial charge on any atom is 0.338 e. The first-order chi connectivity index (χ1) is 16.0. The molecule has 0 saturated heterocycles. The van der Waals surface area contributed by atoms with Crippen LogP contribution in [0.1, 0.15) is 55.5 Å². The Morgan fingerprint density at radius 2 is 1.76 bits per heavy atom. The van der Waals surface area contributed by atoms with Gasteiger partial charge in [-0.2, -0.15) is 0 Å². The number of rotatable bonds is 12. The summed E-state index contributed by atoms with van der Waals surface area (Å²) in [6.45, 7) is 2.50. The molecule has 33 heavy (non-hydrogen) atoms. The number of imidazole rings is 1. The third-order valence-corrected chi connectivity index (χ3v) is 6.17. The Balaban J connectivity index is 1.81. The lowest BCUT2D eigenvalue weighted by Gasteiger charge is -2.19. The van der Waals surface area contributed by atoms with E-state index in [0.29, 0.717) is 18.0 Å². The maximum atomic E-state index is 12.6. The molecule has 1 aromatic heterocycles. The Bertz CT molecular complexity index is 1070. The highest BCUT2D eigenvalue weighted by atomic mass is 31.0. The molecular formula is C25H33N2O5P. The highest BCUT2D eigenvalue weighted by Crippen LogP contribution is 2.28. The molecule has 2 atom stereocenters. The summed E-state index contributed by atoms with van der Waals surface area (Å²) in [7, 11) is 3.85. The fourth-order valence-electron chi connectivity index (χ4n) is 3.83. The van der Waals surface area contributed by atoms with Crippen molar-refractivity contribution in [3.8, 4) is 17.3 Å². The molecule has 0 aliphatic rings. The highest BCUT2D eigenvalue weighted by Gasteiger charge is 2.19. The van der Waals surface area contributed by atoms with Gasteiger partial charge in [-0.1, -0.05) is 50.5 Å². The molecule has 3 aromatic rings. The number of hydrogen-bond acceptors (Lipinski definition) is 5. The lowest BCUT2D eigenvalue weighted by molar-refractivity contribution is 0.0322. The van der Waals surface area contributed by atoms with Gasteiger partial charge in [0.2, 0.25) is 5.88 Å². The maximum absolute atomic E-state index is 12.6. The summed E-state index contributed by atoms with van der Waals surface area (Å²) >= 11 is 0. The molecule has 8 heteroatoms. The summed E-state index contributed by atoms with van der Waals surface area (Å²) < 4.78 is 14.0. The number of methoxy groups -OCH3 is 1. The van der Waals surface area contributed by atoms with E-state index in [4.69, 9.17) is 9.47 Å². The van der Waals surface area contributed by atoms with Gasteiger partial charge in [-0.05, 0) is 51.2 Å². The van der Waals surface area contributed by atoms with Crippen LogP contribution in [0.2, 0.25) is 0 Å². The van der Waals surface area contributed by atoms with Crippen molar-refractivity contribution in [1.29, 1.82) is 0 Å². The zero-order valence-electron chi connectivity index (χ0n) is 19.2. The van der Waals surface area contributed by atoms with E-state index >= 15 is 0 Å². The van der Waals surface area contributed by atoms with E-state index < -0.39 is 0 Å². The second kappa shape index (κ2) is 12.0. The summed E-state index contributed by atoms with van der Waals surface area (Å²) in [5.74, 6) is 0.651. The first-order valence-corrected chi connectivity index (χ1v) is 11.8. The van der Waals surface area contributed by atoms with Gasteiger partial charge in [0.05, 0.1) is 31.2 Å². The molecule has 0 spiro atoms. The van der Waals surface area contributed by atoms with Gasteiger partial charge in [0.15, 0.2) is 0 Å². The lowest BCUT2D eigenvalue weighted by atomic mass is 10.0. The van der Waals surface area contributed by atoms with Gasteiger partial charge in [0, 0.05) is 13.0 Å². The summed E-state index contributed by atoms with van der Waals surface area (Å²) in [6, 6.07) is 15.5. The summed E-state index contributed by atoms with van der Waals surface area (Å²) in [5, 5.41) is 19.6. The van der Waals surface area contributed by atoms with Crippen LogP contribution in [0.25, 0.3) is 5.69 Å². The standard InChI is InChI=1S/C25H33N2O5P/c1-3-4-5-6-23(32-17-18-7-13-21(31-2)14-8-18)19-9-11-20(12-10-19)26-22(15-16-28)24(29)27(33)25(26)30/h7-14,23,28-29H,3-6,15-17,33H2,1-2H3. The Kier molecular flexibility index (Phi) is 9.12. The summed E-state index contributed by atoms with van der Waals surface area (Å²) in [5.41, 5.74) is 2.73. The van der Waals surface area contributed by atoms with Crippen molar-refractivity contribution in [1.82, 2.24) is 8.90 Å². The fraction of sp³-hybridized carbons (Fsp3) is 0.400. The zero-order valence-corrected chi connectivity index (χ0v) is 20.4. The van der Waals surface area contributed by atoms with Crippen molar-refractivity contribution in [3.05, 3.63) is 75.8 Å². The van der Waals surface area contributed by atoms with Gasteiger partial charge in [0.1, 0.15) is 5.75 Å². The predicted octanol–water partition coefficient (Wildman–Crippen LogP) is 4.36. The Labute approximate surface area is 196 Å². The predicted molar refractivity (Wildman–Crippen MR) is 132 cm³/mol. The number of aromatic nitrogens is 2. The quantitative estimate of drug-likeness (QED) is 0.302. The van der Waals surface area contributed by atoms with Crippen molar-refractivity contribution < 1.29 is 19.7 Å². The normalized spacial score (nSPS) is 12.1. The molecule has 1 heterocycles. The van der Waals surface area contributed by atoms with Crippen LogP contribution in [0.5, 0.6) is 11.6 Å². The Hall–Kier alpha value is -2.60. The topological polar surface area (TPSA) is 85.8 Å². The summed E-state index contributed by atoms with van der Waals surface area (Å²) in [4.78, 5) is 12.6. The molecule has 0 bridgehead atoms. The van der Waals surface area contributed by atoms with Gasteiger partial charge in [-0.3, -0.25) is 4.57 Å². The zero-order chi connectivity index (χ0) is 23.8. The third kappa shape index (κ3) is 6.05. The van der Waals surface area contributed by atoms with Gasteiger partial charge >= 0.3 is 5.69 Å². The van der Waals surface area contributed by atoms with Crippen molar-refractivity contribution >= 4 is 9.39 Å². The van der Waals surface area contributed by atoms with Crippen LogP contribution >= 0.6 is 9.39 Å². The van der Waals surface area contributed by atoms with Crippen LogP contribution < -0.4 is 10.4 Å². The first kappa shape index (κ1) is 25.0. The van der Waals surface area contributed by atoms with E-state index in [9.17, 15) is 15.0 Å². The number of hydrogen-bond donors (Lipinski definition) is 2. The second-order valence-electron chi connectivity index (χ2n) is 7.97. The molecule has 0 saturated carbocycles. The average Bonchev–Trinajstić information content (AvgIpc) is 3.05. The van der Waals surface area contributed by atoms with Gasteiger partial charge in [-0.15, -0.1) is 0 Å². The number of nitrogens with zero attached hydrogens (tertiary/aromatic N) is 2. The lowest BCUT2D eigenvalue weighted by Crippen LogP contribution is -2.20. The molecule has 2 aromatic carbocycles. The molecule has 178 valence electrons. The largest absolute Gasteiger partial charge is 0.497 e. The number of benzene rings is 2. The van der Waals surface area contributed by atoms with E-state index in [1.54, 1.807) is 7.11 Å². The highest BCUT2D eigenvalue weighted by molar-refractivity contribution is 7.14. The molecule has 0 fully saturated rings. The number of aromatic hydroxyl groups is 1. The molecule has 0 aliphatic carbocycles. The molecule has 2 unspecified atom stereocenters. The number of aliphatic hydroxyl groups excluding tert-OH is 1. The monoisotopic (exact) mass is 472 g/mol. The molecule has 0 amide bonds. The van der Waals surface area contributed by atoms with Crippen LogP contribution in [-0.4, -0.2) is 32.8 Å². The van der Waals surface area contributed by atoms with Crippen molar-refractivity contribution in [2.45, 2.75) is 51.7 Å². The van der Waals surface area contributed by atoms with E-state index in [1.165, 1.54) is 4.57 Å². The minimum Gasteiger partial charge on any atom is -0.497 e. The summed E-state index contributed by atoms with van der Waals surface area (Å²) in [6.07, 6.45) is 4.35. The van der Waals surface area contributed by atoms with Crippen molar-refractivity contribution in [3.63, 3.8) is 0 Å². The molecule has 0 aliphatic heterocycles. The average molecular weight is 473 g/mol. The van der Waals surface area contributed by atoms with Crippen molar-refractivity contribution in [2.24, 2.45) is 0 Å².